The van der Waals surface area contributed by atoms with Gasteiger partial charge < -0.3 is 30.7 Å². The monoisotopic (exact) mass is 672 g/mol. The van der Waals surface area contributed by atoms with Crippen molar-refractivity contribution in [1.29, 1.82) is 0 Å². The second-order valence-electron chi connectivity index (χ2n) is 12.9. The molecule has 0 bridgehead atoms. The smallest absolute Gasteiger partial charge is 0.408 e. The van der Waals surface area contributed by atoms with Crippen LogP contribution in [0, 0.1) is 5.92 Å². The molecule has 0 aromatic heterocycles. The van der Waals surface area contributed by atoms with Crippen molar-refractivity contribution in [2.24, 2.45) is 5.92 Å². The summed E-state index contributed by atoms with van der Waals surface area (Å²) in [6, 6.07) is 9.02. The van der Waals surface area contributed by atoms with E-state index in [1.807, 2.05) is 0 Å². The largest absolute Gasteiger partial charge is 0.479 e. The average Bonchev–Trinajstić information content (AvgIpc) is 3.51. The minimum Gasteiger partial charge on any atom is -0.479 e. The van der Waals surface area contributed by atoms with Crippen molar-refractivity contribution in [1.82, 2.24) is 20.9 Å². The molecule has 0 radical (unpaired) electrons. The van der Waals surface area contributed by atoms with E-state index in [2.05, 4.69) is 10.6 Å². The lowest BCUT2D eigenvalue weighted by molar-refractivity contribution is -0.162. The van der Waals surface area contributed by atoms with Crippen molar-refractivity contribution in [3.8, 4) is 0 Å². The first-order chi connectivity index (χ1) is 22.4. The molecule has 1 aliphatic heterocycles. The van der Waals surface area contributed by atoms with Gasteiger partial charge in [0.2, 0.25) is 17.6 Å². The number of Topliss-reactive ketones (excluding diaryl/α,β-unsaturated/α-hetero) is 1. The maximum absolute atomic E-state index is 15.5. The zero-order chi connectivity index (χ0) is 35.8. The maximum atomic E-state index is 15.5. The molecular formula is C34H42F2N4O8. The van der Waals surface area contributed by atoms with Gasteiger partial charge in [0.15, 0.2) is 6.04 Å². The van der Waals surface area contributed by atoms with Gasteiger partial charge in [0.1, 0.15) is 17.7 Å². The van der Waals surface area contributed by atoms with E-state index in [1.165, 1.54) is 29.2 Å². The molecule has 4 N–H and O–H groups in total. The molecule has 1 heterocycles. The first-order valence-corrected chi connectivity index (χ1v) is 15.6. The number of hydrogen-bond donors (Lipinski definition) is 4. The van der Waals surface area contributed by atoms with Gasteiger partial charge in [0.05, 0.1) is 6.04 Å². The number of alkyl halides is 2. The molecule has 1 aliphatic rings. The van der Waals surface area contributed by atoms with E-state index in [9.17, 15) is 33.9 Å². The molecule has 0 saturated carbocycles. The molecule has 2 aromatic rings. The SMILES string of the molecule is CC(C)[C@H](NC(=O)OC(C)(C)C)C(=O)N1CCC[C@H]1C(=O)NC(Cc1ccccc1)C(=O)C(F)(F)C(=O)NC(C(=O)O)c1ccccc1. The summed E-state index contributed by atoms with van der Waals surface area (Å²) in [5.41, 5.74) is -0.441. The lowest BCUT2D eigenvalue weighted by atomic mass is 9.97. The summed E-state index contributed by atoms with van der Waals surface area (Å²) in [7, 11) is 0. The van der Waals surface area contributed by atoms with Gasteiger partial charge in [-0.1, -0.05) is 74.5 Å². The molecule has 4 amide bonds. The van der Waals surface area contributed by atoms with Crippen LogP contribution in [0.15, 0.2) is 60.7 Å². The number of benzene rings is 2. The minimum atomic E-state index is -4.75. The molecule has 2 unspecified atom stereocenters. The van der Waals surface area contributed by atoms with Crippen LogP contribution in [0.4, 0.5) is 13.6 Å². The first kappa shape index (κ1) is 37.6. The summed E-state index contributed by atoms with van der Waals surface area (Å²) >= 11 is 0. The van der Waals surface area contributed by atoms with Gasteiger partial charge in [0, 0.05) is 13.0 Å². The van der Waals surface area contributed by atoms with Crippen LogP contribution in [0.3, 0.4) is 0 Å². The Kier molecular flexibility index (Phi) is 12.4. The highest BCUT2D eigenvalue weighted by Gasteiger charge is 2.52. The van der Waals surface area contributed by atoms with Crippen LogP contribution in [0.5, 0.6) is 0 Å². The highest BCUT2D eigenvalue weighted by molar-refractivity contribution is 6.11. The summed E-state index contributed by atoms with van der Waals surface area (Å²) in [6.07, 6.45) is -0.728. The second-order valence-corrected chi connectivity index (χ2v) is 12.9. The van der Waals surface area contributed by atoms with Crippen molar-refractivity contribution >= 4 is 35.6 Å². The number of alkyl carbamates (subject to hydrolysis) is 1. The lowest BCUT2D eigenvalue weighted by Gasteiger charge is -2.32. The summed E-state index contributed by atoms with van der Waals surface area (Å²) < 4.78 is 36.4. The number of halogens is 2. The summed E-state index contributed by atoms with van der Waals surface area (Å²) in [5.74, 6) is -12.4. The van der Waals surface area contributed by atoms with Gasteiger partial charge in [-0.15, -0.1) is 0 Å². The fourth-order valence-electron chi connectivity index (χ4n) is 5.24. The summed E-state index contributed by atoms with van der Waals surface area (Å²) in [4.78, 5) is 79.0. The van der Waals surface area contributed by atoms with Crippen LogP contribution in [-0.2, 0) is 35.1 Å². The van der Waals surface area contributed by atoms with Crippen LogP contribution in [0.1, 0.15) is 64.6 Å². The number of ketones is 1. The summed E-state index contributed by atoms with van der Waals surface area (Å²) in [6.45, 7) is 8.50. The zero-order valence-corrected chi connectivity index (χ0v) is 27.5. The number of carboxylic acid groups (broad SMARTS) is 1. The maximum Gasteiger partial charge on any atom is 0.408 e. The van der Waals surface area contributed by atoms with Crippen LogP contribution in [-0.4, -0.2) is 81.8 Å². The molecule has 3 rings (SSSR count). The van der Waals surface area contributed by atoms with Gasteiger partial charge in [-0.05, 0) is 50.7 Å². The molecule has 4 atom stereocenters. The van der Waals surface area contributed by atoms with Crippen LogP contribution in [0.2, 0.25) is 0 Å². The highest BCUT2D eigenvalue weighted by atomic mass is 19.3. The number of ether oxygens (including phenoxy) is 1. The van der Waals surface area contributed by atoms with Crippen LogP contribution < -0.4 is 16.0 Å². The number of likely N-dealkylation sites (tertiary alicyclic amines) is 1. The number of carbonyl (C=O) groups is 6. The molecule has 14 heteroatoms. The van der Waals surface area contributed by atoms with E-state index in [1.54, 1.807) is 76.3 Å². The minimum absolute atomic E-state index is 0.00240. The molecule has 260 valence electrons. The number of carbonyl (C=O) groups excluding carboxylic acids is 5. The number of rotatable bonds is 13. The molecule has 12 nitrogen and oxygen atoms in total. The van der Waals surface area contributed by atoms with E-state index < -0.39 is 83.6 Å². The third kappa shape index (κ3) is 9.81. The predicted octanol–water partition coefficient (Wildman–Crippen LogP) is 3.40. The van der Waals surface area contributed by atoms with Gasteiger partial charge in [-0.2, -0.15) is 8.78 Å². The molecule has 0 spiro atoms. The van der Waals surface area contributed by atoms with Gasteiger partial charge in [0.25, 0.3) is 5.91 Å². The number of hydrogen-bond acceptors (Lipinski definition) is 7. The Morgan fingerprint density at radius 3 is 2.04 bits per heavy atom. The van der Waals surface area contributed by atoms with E-state index in [-0.39, 0.29) is 18.5 Å². The van der Waals surface area contributed by atoms with Gasteiger partial charge in [-0.25, -0.2) is 9.59 Å². The van der Waals surface area contributed by atoms with Crippen LogP contribution >= 0.6 is 0 Å². The fraction of sp³-hybridized carbons (Fsp3) is 0.471. The number of amides is 4. The Morgan fingerprint density at radius 2 is 1.50 bits per heavy atom. The van der Waals surface area contributed by atoms with Crippen molar-refractivity contribution in [3.05, 3.63) is 71.8 Å². The molecule has 2 aromatic carbocycles. The third-order valence-electron chi connectivity index (χ3n) is 7.61. The third-order valence-corrected chi connectivity index (χ3v) is 7.61. The summed E-state index contributed by atoms with van der Waals surface area (Å²) in [5, 5.41) is 16.2. The number of nitrogens with one attached hydrogen (secondary N) is 3. The topological polar surface area (TPSA) is 171 Å². The molecule has 1 saturated heterocycles. The molecule has 48 heavy (non-hydrogen) atoms. The van der Waals surface area contributed by atoms with Gasteiger partial charge in [-0.3, -0.25) is 19.2 Å². The first-order valence-electron chi connectivity index (χ1n) is 15.6. The fourth-order valence-corrected chi connectivity index (χ4v) is 5.24. The number of carboxylic acids is 1. The normalized spacial score (nSPS) is 16.8. The number of nitrogens with zero attached hydrogens (tertiary/aromatic N) is 1. The highest BCUT2D eigenvalue weighted by Crippen LogP contribution is 2.25. The lowest BCUT2D eigenvalue weighted by Crippen LogP contribution is -2.59. The van der Waals surface area contributed by atoms with E-state index in [0.717, 1.165) is 0 Å². The van der Waals surface area contributed by atoms with E-state index in [0.29, 0.717) is 12.0 Å². The Balaban J connectivity index is 1.84. The van der Waals surface area contributed by atoms with E-state index in [4.69, 9.17) is 4.74 Å². The standard InChI is InChI=1S/C34H42F2N4O8/c1-20(2)25(39-32(47)48-33(3,4)5)29(43)40-18-12-17-24(40)28(42)37-23(19-21-13-8-6-9-14-21)27(41)34(35,36)31(46)38-26(30(44)45)22-15-10-7-11-16-22/h6-11,13-16,20,23-26H,12,17-19H2,1-5H3,(H,37,42)(H,38,46)(H,39,47)(H,44,45)/t23?,24-,25-,26?/m0/s1. The quantitative estimate of drug-likeness (QED) is 0.235. The average molecular weight is 673 g/mol. The van der Waals surface area contributed by atoms with Crippen molar-refractivity contribution < 1.29 is 47.4 Å². The van der Waals surface area contributed by atoms with Crippen molar-refractivity contribution in [3.63, 3.8) is 0 Å². The Bertz CT molecular complexity index is 1480. The van der Waals surface area contributed by atoms with Gasteiger partial charge >= 0.3 is 18.0 Å². The Morgan fingerprint density at radius 1 is 0.917 bits per heavy atom. The zero-order valence-electron chi connectivity index (χ0n) is 27.5. The molecule has 0 aliphatic carbocycles. The Hall–Kier alpha value is -4.88. The van der Waals surface area contributed by atoms with Crippen LogP contribution in [0.25, 0.3) is 0 Å². The van der Waals surface area contributed by atoms with Crippen molar-refractivity contribution in [2.45, 2.75) is 89.6 Å². The van der Waals surface area contributed by atoms with Crippen molar-refractivity contribution in [2.75, 3.05) is 6.54 Å². The number of aliphatic carboxylic acids is 1. The predicted molar refractivity (Wildman–Crippen MR) is 170 cm³/mol. The second kappa shape index (κ2) is 15.8. The molecular weight excluding hydrogens is 630 g/mol. The van der Waals surface area contributed by atoms with E-state index >= 15 is 8.78 Å². The molecule has 1 fully saturated rings. The Labute approximate surface area is 277 Å².